The van der Waals surface area contributed by atoms with Gasteiger partial charge in [0.2, 0.25) is 15.9 Å². The Morgan fingerprint density at radius 1 is 1.20 bits per heavy atom. The highest BCUT2D eigenvalue weighted by Gasteiger charge is 2.32. The van der Waals surface area contributed by atoms with Crippen molar-refractivity contribution in [3.63, 3.8) is 0 Å². The highest BCUT2D eigenvalue weighted by Crippen LogP contribution is 2.21. The third kappa shape index (κ3) is 5.50. The van der Waals surface area contributed by atoms with E-state index in [9.17, 15) is 13.2 Å². The van der Waals surface area contributed by atoms with Crippen molar-refractivity contribution >= 4 is 15.9 Å². The first-order chi connectivity index (χ1) is 14.4. The fourth-order valence-corrected chi connectivity index (χ4v) is 5.20. The molecule has 2 unspecified atom stereocenters. The number of carbonyl (C=O) groups excluding carboxylic acids is 1. The molecule has 7 nitrogen and oxygen atoms in total. The molecule has 0 N–H and O–H groups in total. The highest BCUT2D eigenvalue weighted by molar-refractivity contribution is 7.89. The van der Waals surface area contributed by atoms with E-state index in [0.717, 1.165) is 12.8 Å². The van der Waals surface area contributed by atoms with E-state index >= 15 is 0 Å². The lowest BCUT2D eigenvalue weighted by atomic mass is 10.2. The lowest BCUT2D eigenvalue weighted by Crippen LogP contribution is -2.47. The molecule has 1 aromatic heterocycles. The van der Waals surface area contributed by atoms with Crippen LogP contribution in [0.5, 0.6) is 0 Å². The second kappa shape index (κ2) is 10.2. The molecule has 2 atom stereocenters. The Balaban J connectivity index is 1.82. The van der Waals surface area contributed by atoms with E-state index in [1.54, 1.807) is 47.6 Å². The summed E-state index contributed by atoms with van der Waals surface area (Å²) >= 11 is 0. The van der Waals surface area contributed by atoms with Gasteiger partial charge in [0.25, 0.3) is 0 Å². The zero-order valence-corrected chi connectivity index (χ0v) is 18.4. The van der Waals surface area contributed by atoms with Gasteiger partial charge < -0.3 is 14.1 Å². The minimum absolute atomic E-state index is 0.0355. The summed E-state index contributed by atoms with van der Waals surface area (Å²) in [6, 6.07) is 11.5. The molecule has 8 heteroatoms. The quantitative estimate of drug-likeness (QED) is 0.573. The van der Waals surface area contributed by atoms with Gasteiger partial charge in [-0.25, -0.2) is 8.42 Å². The molecule has 30 heavy (non-hydrogen) atoms. The van der Waals surface area contributed by atoms with E-state index in [2.05, 4.69) is 0 Å². The number of furan rings is 1. The number of hydrogen-bond donors (Lipinski definition) is 0. The number of sulfonamides is 1. The Labute approximate surface area is 178 Å². The van der Waals surface area contributed by atoms with Crippen LogP contribution in [0.25, 0.3) is 0 Å². The highest BCUT2D eigenvalue weighted by atomic mass is 32.2. The second-order valence-corrected chi connectivity index (χ2v) is 9.50. The monoisotopic (exact) mass is 434 g/mol. The van der Waals surface area contributed by atoms with Crippen molar-refractivity contribution in [2.45, 2.75) is 56.7 Å². The number of hydrogen-bond acceptors (Lipinski definition) is 5. The molecular weight excluding hydrogens is 404 g/mol. The first-order valence-electron chi connectivity index (χ1n) is 10.4. The summed E-state index contributed by atoms with van der Waals surface area (Å²) in [5.74, 6) is 0.393. The van der Waals surface area contributed by atoms with E-state index in [-0.39, 0.29) is 36.0 Å². The van der Waals surface area contributed by atoms with Gasteiger partial charge in [0.1, 0.15) is 5.76 Å². The van der Waals surface area contributed by atoms with Gasteiger partial charge in [0.15, 0.2) is 0 Å². The van der Waals surface area contributed by atoms with E-state index in [4.69, 9.17) is 9.15 Å². The van der Waals surface area contributed by atoms with Crippen LogP contribution in [0.4, 0.5) is 0 Å². The molecule has 1 saturated heterocycles. The molecule has 1 fully saturated rings. The van der Waals surface area contributed by atoms with Crippen LogP contribution in [0.3, 0.4) is 0 Å². The Kier molecular flexibility index (Phi) is 7.69. The van der Waals surface area contributed by atoms with Gasteiger partial charge >= 0.3 is 0 Å². The number of rotatable bonds is 10. The van der Waals surface area contributed by atoms with Gasteiger partial charge in [-0.05, 0) is 50.5 Å². The Bertz CT molecular complexity index is 893. The van der Waals surface area contributed by atoms with Crippen molar-refractivity contribution in [2.75, 3.05) is 19.7 Å². The maximum absolute atomic E-state index is 13.3. The van der Waals surface area contributed by atoms with E-state index in [0.29, 0.717) is 25.3 Å². The zero-order chi connectivity index (χ0) is 21.6. The summed E-state index contributed by atoms with van der Waals surface area (Å²) in [6.07, 6.45) is 3.99. The number of ether oxygens (including phenoxy) is 1. The van der Waals surface area contributed by atoms with Crippen LogP contribution in [0.2, 0.25) is 0 Å². The van der Waals surface area contributed by atoms with Crippen LogP contribution in [-0.4, -0.2) is 55.4 Å². The van der Waals surface area contributed by atoms with E-state index in [1.807, 2.05) is 19.9 Å². The number of amides is 1. The minimum atomic E-state index is -3.80. The maximum atomic E-state index is 13.3. The van der Waals surface area contributed by atoms with Crippen molar-refractivity contribution in [1.29, 1.82) is 0 Å². The maximum Gasteiger partial charge on any atom is 0.243 e. The second-order valence-electron chi connectivity index (χ2n) is 7.61. The summed E-state index contributed by atoms with van der Waals surface area (Å²) < 4.78 is 39.0. The Morgan fingerprint density at radius 2 is 1.97 bits per heavy atom. The summed E-state index contributed by atoms with van der Waals surface area (Å²) in [5.41, 5.74) is 0. The standard InChI is InChI=1S/C22H30N2O5S/c1-3-18(2)24(30(26,27)21-11-5-4-6-12-21)17-22(25)23(15-19-9-7-13-28-19)16-20-10-8-14-29-20/h4-7,9,11-13,18,20H,3,8,10,14-17H2,1-2H3. The number of carbonyl (C=O) groups is 1. The average Bonchev–Trinajstić information content (AvgIpc) is 3.45. The van der Waals surface area contributed by atoms with Crippen LogP contribution >= 0.6 is 0 Å². The van der Waals surface area contributed by atoms with Crippen LogP contribution < -0.4 is 0 Å². The lowest BCUT2D eigenvalue weighted by Gasteiger charge is -2.31. The Morgan fingerprint density at radius 3 is 2.57 bits per heavy atom. The molecule has 1 amide bonds. The summed E-state index contributed by atoms with van der Waals surface area (Å²) in [7, 11) is -3.80. The molecule has 1 aliphatic heterocycles. The third-order valence-electron chi connectivity index (χ3n) is 5.45. The predicted octanol–water partition coefficient (Wildman–Crippen LogP) is 3.28. The normalized spacial score (nSPS) is 17.9. The third-order valence-corrected chi connectivity index (χ3v) is 7.43. The van der Waals surface area contributed by atoms with Crippen LogP contribution in [-0.2, 0) is 26.1 Å². The van der Waals surface area contributed by atoms with Crippen molar-refractivity contribution < 1.29 is 22.4 Å². The van der Waals surface area contributed by atoms with Gasteiger partial charge in [-0.15, -0.1) is 0 Å². The van der Waals surface area contributed by atoms with Gasteiger partial charge in [0, 0.05) is 19.2 Å². The summed E-state index contributed by atoms with van der Waals surface area (Å²) in [4.78, 5) is 15.1. The van der Waals surface area contributed by atoms with Crippen molar-refractivity contribution in [2.24, 2.45) is 0 Å². The molecule has 0 aliphatic carbocycles. The fraction of sp³-hybridized carbons (Fsp3) is 0.500. The molecule has 0 radical (unpaired) electrons. The van der Waals surface area contributed by atoms with Crippen molar-refractivity contribution in [3.05, 3.63) is 54.5 Å². The molecule has 2 heterocycles. The molecule has 164 valence electrons. The topological polar surface area (TPSA) is 80.1 Å². The minimum Gasteiger partial charge on any atom is -0.467 e. The molecule has 0 saturated carbocycles. The van der Waals surface area contributed by atoms with E-state index < -0.39 is 10.0 Å². The number of nitrogens with zero attached hydrogens (tertiary/aromatic N) is 2. The van der Waals surface area contributed by atoms with Gasteiger partial charge in [-0.1, -0.05) is 25.1 Å². The van der Waals surface area contributed by atoms with Crippen LogP contribution in [0, 0.1) is 0 Å². The molecular formula is C22H30N2O5S. The SMILES string of the molecule is CCC(C)N(CC(=O)N(Cc1ccco1)CC1CCCO1)S(=O)(=O)c1ccccc1. The van der Waals surface area contributed by atoms with Crippen LogP contribution in [0.1, 0.15) is 38.9 Å². The first-order valence-corrected chi connectivity index (χ1v) is 11.8. The predicted molar refractivity (Wildman–Crippen MR) is 113 cm³/mol. The van der Waals surface area contributed by atoms with Gasteiger partial charge in [-0.2, -0.15) is 4.31 Å². The lowest BCUT2D eigenvalue weighted by molar-refractivity contribution is -0.134. The first kappa shape index (κ1) is 22.5. The van der Waals surface area contributed by atoms with Crippen molar-refractivity contribution in [1.82, 2.24) is 9.21 Å². The zero-order valence-electron chi connectivity index (χ0n) is 17.6. The molecule has 1 aromatic carbocycles. The molecule has 1 aliphatic rings. The molecule has 0 bridgehead atoms. The van der Waals surface area contributed by atoms with Crippen molar-refractivity contribution in [3.8, 4) is 0 Å². The molecule has 3 rings (SSSR count). The van der Waals surface area contributed by atoms with Gasteiger partial charge in [-0.3, -0.25) is 4.79 Å². The largest absolute Gasteiger partial charge is 0.467 e. The summed E-state index contributed by atoms with van der Waals surface area (Å²) in [5, 5.41) is 0. The molecule has 0 spiro atoms. The summed E-state index contributed by atoms with van der Waals surface area (Å²) in [6.45, 7) is 4.90. The fourth-order valence-electron chi connectivity index (χ4n) is 3.52. The Hall–Kier alpha value is -2.16. The number of benzene rings is 1. The van der Waals surface area contributed by atoms with Crippen LogP contribution in [0.15, 0.2) is 58.0 Å². The van der Waals surface area contributed by atoms with E-state index in [1.165, 1.54) is 4.31 Å². The smallest absolute Gasteiger partial charge is 0.243 e. The molecule has 2 aromatic rings. The average molecular weight is 435 g/mol. The van der Waals surface area contributed by atoms with Gasteiger partial charge in [0.05, 0.1) is 30.4 Å².